The van der Waals surface area contributed by atoms with Gasteiger partial charge in [-0.25, -0.2) is 0 Å². The maximum atomic E-state index is 3.88. The van der Waals surface area contributed by atoms with Crippen molar-refractivity contribution in [3.05, 3.63) is 36.0 Å². The molecule has 0 spiro atoms. The number of allylic oxidation sites excluding steroid dienone is 5. The molecule has 0 aromatic carbocycles. The van der Waals surface area contributed by atoms with Crippen LogP contribution in [0.5, 0.6) is 0 Å². The van der Waals surface area contributed by atoms with Gasteiger partial charge in [0, 0.05) is 0 Å². The number of rotatable bonds is 3. The van der Waals surface area contributed by atoms with Crippen LogP contribution in [0.2, 0.25) is 0 Å². The Hall–Kier alpha value is -0.780. The molecule has 0 saturated heterocycles. The molecule has 0 N–H and O–H groups in total. The van der Waals surface area contributed by atoms with E-state index >= 15 is 0 Å². The molecule has 1 unspecified atom stereocenters. The average molecular weight is 176 g/mol. The van der Waals surface area contributed by atoms with Gasteiger partial charge >= 0.3 is 0 Å². The topological polar surface area (TPSA) is 0 Å². The molecule has 72 valence electrons. The van der Waals surface area contributed by atoms with Crippen molar-refractivity contribution in [2.75, 3.05) is 0 Å². The van der Waals surface area contributed by atoms with Crippen LogP contribution in [0.4, 0.5) is 0 Å². The maximum Gasteiger partial charge on any atom is -0.0133 e. The Morgan fingerprint density at radius 3 is 2.62 bits per heavy atom. The Balaban J connectivity index is 2.93. The zero-order valence-corrected chi connectivity index (χ0v) is 9.01. The van der Waals surface area contributed by atoms with E-state index in [4.69, 9.17) is 0 Å². The fourth-order valence-corrected chi connectivity index (χ4v) is 2.17. The molecule has 0 bridgehead atoms. The van der Waals surface area contributed by atoms with Crippen molar-refractivity contribution in [1.82, 2.24) is 0 Å². The van der Waals surface area contributed by atoms with Gasteiger partial charge in [0.05, 0.1) is 0 Å². The molecule has 0 heteroatoms. The van der Waals surface area contributed by atoms with Gasteiger partial charge in [-0.05, 0) is 42.7 Å². The van der Waals surface area contributed by atoms with Crippen molar-refractivity contribution < 1.29 is 0 Å². The summed E-state index contributed by atoms with van der Waals surface area (Å²) in [6.07, 6.45) is 8.94. The zero-order chi connectivity index (χ0) is 9.84. The molecule has 0 heterocycles. The van der Waals surface area contributed by atoms with E-state index in [1.165, 1.54) is 24.0 Å². The smallest absolute Gasteiger partial charge is 0.0133 e. The van der Waals surface area contributed by atoms with Gasteiger partial charge in [0.2, 0.25) is 0 Å². The quantitative estimate of drug-likeness (QED) is 0.607. The van der Waals surface area contributed by atoms with Crippen LogP contribution >= 0.6 is 0 Å². The largest absolute Gasteiger partial charge is 0.0988 e. The Morgan fingerprint density at radius 2 is 2.15 bits per heavy atom. The molecular formula is C13H20. The van der Waals surface area contributed by atoms with E-state index in [0.717, 1.165) is 11.8 Å². The van der Waals surface area contributed by atoms with Crippen molar-refractivity contribution in [2.45, 2.75) is 33.6 Å². The van der Waals surface area contributed by atoms with Crippen molar-refractivity contribution in [1.29, 1.82) is 0 Å². The fourth-order valence-electron chi connectivity index (χ4n) is 2.17. The summed E-state index contributed by atoms with van der Waals surface area (Å²) in [5, 5.41) is 0. The molecule has 0 fully saturated rings. The third kappa shape index (κ3) is 2.12. The summed E-state index contributed by atoms with van der Waals surface area (Å²) in [4.78, 5) is 0. The van der Waals surface area contributed by atoms with Gasteiger partial charge in [-0.15, -0.1) is 0 Å². The van der Waals surface area contributed by atoms with Crippen molar-refractivity contribution in [3.63, 3.8) is 0 Å². The fraction of sp³-hybridized carbons (Fsp3) is 0.538. The summed E-state index contributed by atoms with van der Waals surface area (Å²) in [6, 6.07) is 0. The highest BCUT2D eigenvalue weighted by Gasteiger charge is 2.24. The van der Waals surface area contributed by atoms with E-state index in [9.17, 15) is 0 Å². The molecular weight excluding hydrogens is 156 g/mol. The maximum absolute atomic E-state index is 3.88. The Morgan fingerprint density at radius 1 is 1.46 bits per heavy atom. The van der Waals surface area contributed by atoms with E-state index < -0.39 is 0 Å². The zero-order valence-electron chi connectivity index (χ0n) is 9.01. The van der Waals surface area contributed by atoms with E-state index in [0.29, 0.717) is 0 Å². The third-order valence-electron chi connectivity index (χ3n) is 2.89. The first-order valence-corrected chi connectivity index (χ1v) is 5.18. The minimum atomic E-state index is 0.753. The summed E-state index contributed by atoms with van der Waals surface area (Å²) >= 11 is 0. The molecule has 1 aliphatic carbocycles. The van der Waals surface area contributed by atoms with Crippen LogP contribution in [0, 0.1) is 11.8 Å². The lowest BCUT2D eigenvalue weighted by atomic mass is 9.89. The van der Waals surface area contributed by atoms with E-state index in [1.807, 2.05) is 6.08 Å². The second-order valence-corrected chi connectivity index (χ2v) is 4.07. The molecule has 0 radical (unpaired) electrons. The van der Waals surface area contributed by atoms with Crippen LogP contribution in [-0.2, 0) is 0 Å². The molecule has 1 aliphatic rings. The van der Waals surface area contributed by atoms with E-state index in [1.54, 1.807) is 0 Å². The minimum Gasteiger partial charge on any atom is -0.0988 e. The molecule has 0 nitrogen and oxygen atoms in total. The van der Waals surface area contributed by atoms with E-state index in [2.05, 4.69) is 39.5 Å². The van der Waals surface area contributed by atoms with Crippen molar-refractivity contribution in [2.24, 2.45) is 11.8 Å². The monoisotopic (exact) mass is 176 g/mol. The second-order valence-electron chi connectivity index (χ2n) is 4.07. The first-order valence-electron chi connectivity index (χ1n) is 5.18. The lowest BCUT2D eigenvalue weighted by molar-refractivity contribution is 0.446. The van der Waals surface area contributed by atoms with Gasteiger partial charge < -0.3 is 0 Å². The molecule has 13 heavy (non-hydrogen) atoms. The molecule has 0 aromatic heterocycles. The highest BCUT2D eigenvalue weighted by molar-refractivity contribution is 5.38. The summed E-state index contributed by atoms with van der Waals surface area (Å²) in [6.45, 7) is 10.6. The summed E-state index contributed by atoms with van der Waals surface area (Å²) < 4.78 is 0. The predicted molar refractivity (Wildman–Crippen MR) is 59.6 cm³/mol. The minimum absolute atomic E-state index is 0.753. The normalized spacial score (nSPS) is 23.5. The van der Waals surface area contributed by atoms with Gasteiger partial charge in [-0.2, -0.15) is 0 Å². The number of hydrogen-bond acceptors (Lipinski definition) is 0. The van der Waals surface area contributed by atoms with Crippen LogP contribution < -0.4 is 0 Å². The first kappa shape index (κ1) is 10.3. The summed E-state index contributed by atoms with van der Waals surface area (Å²) in [7, 11) is 0. The summed E-state index contributed by atoms with van der Waals surface area (Å²) in [5.41, 5.74) is 2.98. The standard InChI is InChI=1S/C13H20/c1-5-7-13-11(6-2)8-9-12(13)10(3)4/h5-7,10,12H,2,8-9H2,1,3-4H3/b7-5-. The Labute approximate surface area is 82.0 Å². The Bertz CT molecular complexity index is 241. The van der Waals surface area contributed by atoms with Gasteiger partial charge in [-0.1, -0.05) is 38.7 Å². The van der Waals surface area contributed by atoms with Crippen molar-refractivity contribution >= 4 is 0 Å². The first-order chi connectivity index (χ1) is 6.20. The average Bonchev–Trinajstić information content (AvgIpc) is 2.48. The molecule has 0 aromatic rings. The molecule has 1 rings (SSSR count). The second kappa shape index (κ2) is 4.45. The van der Waals surface area contributed by atoms with Gasteiger partial charge in [0.25, 0.3) is 0 Å². The number of hydrogen-bond donors (Lipinski definition) is 0. The van der Waals surface area contributed by atoms with Crippen LogP contribution in [0.3, 0.4) is 0 Å². The highest BCUT2D eigenvalue weighted by atomic mass is 14.3. The van der Waals surface area contributed by atoms with Crippen LogP contribution in [0.15, 0.2) is 36.0 Å². The van der Waals surface area contributed by atoms with Crippen LogP contribution in [0.1, 0.15) is 33.6 Å². The van der Waals surface area contributed by atoms with E-state index in [-0.39, 0.29) is 0 Å². The SMILES string of the molecule is C=CC1=C(/C=C\C)C(C(C)C)CC1. The van der Waals surface area contributed by atoms with Gasteiger partial charge in [0.15, 0.2) is 0 Å². The summed E-state index contributed by atoms with van der Waals surface area (Å²) in [5.74, 6) is 1.51. The lowest BCUT2D eigenvalue weighted by Gasteiger charge is -2.16. The third-order valence-corrected chi connectivity index (χ3v) is 2.89. The predicted octanol–water partition coefficient (Wildman–Crippen LogP) is 4.11. The van der Waals surface area contributed by atoms with Crippen molar-refractivity contribution in [3.8, 4) is 0 Å². The van der Waals surface area contributed by atoms with Gasteiger partial charge in [0.1, 0.15) is 0 Å². The lowest BCUT2D eigenvalue weighted by Crippen LogP contribution is -2.06. The van der Waals surface area contributed by atoms with Gasteiger partial charge in [-0.3, -0.25) is 0 Å². The molecule has 0 saturated carbocycles. The van der Waals surface area contributed by atoms with Crippen LogP contribution in [-0.4, -0.2) is 0 Å². The van der Waals surface area contributed by atoms with Crippen LogP contribution in [0.25, 0.3) is 0 Å². The highest BCUT2D eigenvalue weighted by Crippen LogP contribution is 2.37. The molecule has 0 aliphatic heterocycles. The molecule has 0 amide bonds. The molecule has 1 atom stereocenters. The Kier molecular flexibility index (Phi) is 3.53.